The molecule has 2 N–H and O–H groups in total. The first-order chi connectivity index (χ1) is 11.0. The molecule has 2 aromatic rings. The van der Waals surface area contributed by atoms with Gasteiger partial charge in [-0.15, -0.1) is 0 Å². The highest BCUT2D eigenvalue weighted by Crippen LogP contribution is 2.30. The van der Waals surface area contributed by atoms with E-state index in [0.29, 0.717) is 17.4 Å². The van der Waals surface area contributed by atoms with E-state index in [1.54, 1.807) is 7.11 Å². The minimum Gasteiger partial charge on any atom is -0.495 e. The highest BCUT2D eigenvalue weighted by atomic mass is 16.5. The largest absolute Gasteiger partial charge is 0.495 e. The van der Waals surface area contributed by atoms with Crippen molar-refractivity contribution >= 4 is 17.4 Å². The molecule has 1 atom stereocenters. The molecule has 0 heterocycles. The number of carbonyl (C=O) groups excluding carboxylic acids is 1. The Kier molecular flexibility index (Phi) is 5.63. The van der Waals surface area contributed by atoms with Gasteiger partial charge < -0.3 is 15.4 Å². The van der Waals surface area contributed by atoms with E-state index in [4.69, 9.17) is 4.74 Å². The van der Waals surface area contributed by atoms with Crippen LogP contribution in [0.2, 0.25) is 0 Å². The number of aryl methyl sites for hydroxylation is 1. The molecule has 23 heavy (non-hydrogen) atoms. The summed E-state index contributed by atoms with van der Waals surface area (Å²) in [4.78, 5) is 12.2. The molecule has 4 heteroatoms. The Balaban J connectivity index is 2.13. The maximum absolute atomic E-state index is 12.2. The van der Waals surface area contributed by atoms with Crippen LogP contribution < -0.4 is 15.4 Å². The van der Waals surface area contributed by atoms with Gasteiger partial charge in [-0.2, -0.15) is 0 Å². The molecule has 0 radical (unpaired) electrons. The highest BCUT2D eigenvalue weighted by molar-refractivity contribution is 6.00. The fourth-order valence-electron chi connectivity index (χ4n) is 2.29. The molecular formula is C19H24N2O2. The zero-order valence-electron chi connectivity index (χ0n) is 14.1. The summed E-state index contributed by atoms with van der Waals surface area (Å²) >= 11 is 0. The number of rotatable bonds is 5. The van der Waals surface area contributed by atoms with Crippen molar-refractivity contribution in [3.8, 4) is 5.75 Å². The lowest BCUT2D eigenvalue weighted by atomic mass is 9.98. The number of anilines is 2. The minimum absolute atomic E-state index is 0.284. The second-order valence-electron chi connectivity index (χ2n) is 5.71. The average Bonchev–Trinajstić information content (AvgIpc) is 2.56. The minimum atomic E-state index is -0.284. The number of benzene rings is 2. The van der Waals surface area contributed by atoms with Crippen molar-refractivity contribution in [2.75, 3.05) is 17.7 Å². The summed E-state index contributed by atoms with van der Waals surface area (Å²) in [6, 6.07) is 13.3. The van der Waals surface area contributed by atoms with Crippen molar-refractivity contribution in [3.63, 3.8) is 0 Å². The van der Waals surface area contributed by atoms with E-state index in [9.17, 15) is 4.79 Å². The van der Waals surface area contributed by atoms with Crippen LogP contribution in [0.1, 0.15) is 37.3 Å². The molecule has 2 rings (SSSR count). The van der Waals surface area contributed by atoms with Gasteiger partial charge in [0.15, 0.2) is 0 Å². The molecule has 0 bridgehead atoms. The topological polar surface area (TPSA) is 50.4 Å². The zero-order chi connectivity index (χ0) is 16.8. The molecule has 4 nitrogen and oxygen atoms in total. The van der Waals surface area contributed by atoms with Crippen LogP contribution in [0, 0.1) is 6.92 Å². The van der Waals surface area contributed by atoms with E-state index < -0.39 is 0 Å². The van der Waals surface area contributed by atoms with Gasteiger partial charge in [0.05, 0.1) is 12.8 Å². The lowest BCUT2D eigenvalue weighted by Crippen LogP contribution is -2.20. The Morgan fingerprint density at radius 3 is 2.43 bits per heavy atom. The number of hydrogen-bond acceptors (Lipinski definition) is 2. The number of urea groups is 1. The molecule has 1 unspecified atom stereocenters. The van der Waals surface area contributed by atoms with Crippen molar-refractivity contribution < 1.29 is 9.53 Å². The Morgan fingerprint density at radius 2 is 1.83 bits per heavy atom. The van der Waals surface area contributed by atoms with Gasteiger partial charge in [0.1, 0.15) is 5.75 Å². The summed E-state index contributed by atoms with van der Waals surface area (Å²) in [5.41, 5.74) is 3.76. The summed E-state index contributed by atoms with van der Waals surface area (Å²) in [5, 5.41) is 5.69. The third-order valence-electron chi connectivity index (χ3n) is 3.96. The van der Waals surface area contributed by atoms with Crippen LogP contribution >= 0.6 is 0 Å². The summed E-state index contributed by atoms with van der Waals surface area (Å²) in [6.45, 7) is 6.32. The van der Waals surface area contributed by atoms with Crippen LogP contribution in [-0.2, 0) is 0 Å². The molecule has 0 saturated carbocycles. The molecule has 122 valence electrons. The van der Waals surface area contributed by atoms with Gasteiger partial charge in [0.25, 0.3) is 0 Å². The van der Waals surface area contributed by atoms with Crippen molar-refractivity contribution in [3.05, 3.63) is 53.6 Å². The van der Waals surface area contributed by atoms with Gasteiger partial charge in [-0.3, -0.25) is 0 Å². The lowest BCUT2D eigenvalue weighted by molar-refractivity contribution is 0.262. The van der Waals surface area contributed by atoms with Crippen LogP contribution in [0.3, 0.4) is 0 Å². The molecule has 0 aliphatic carbocycles. The Hall–Kier alpha value is -2.49. The van der Waals surface area contributed by atoms with E-state index in [0.717, 1.165) is 17.7 Å². The second-order valence-corrected chi connectivity index (χ2v) is 5.71. The quantitative estimate of drug-likeness (QED) is 0.801. The van der Waals surface area contributed by atoms with Gasteiger partial charge in [-0.25, -0.2) is 4.79 Å². The molecular weight excluding hydrogens is 288 g/mol. The number of carbonyl (C=O) groups is 1. The predicted molar refractivity (Wildman–Crippen MR) is 95.5 cm³/mol. The fourth-order valence-corrected chi connectivity index (χ4v) is 2.29. The van der Waals surface area contributed by atoms with Crippen LogP contribution in [-0.4, -0.2) is 13.1 Å². The average molecular weight is 312 g/mol. The van der Waals surface area contributed by atoms with Gasteiger partial charge in [0.2, 0.25) is 0 Å². The number of methoxy groups -OCH3 is 1. The van der Waals surface area contributed by atoms with Crippen LogP contribution in [0.4, 0.5) is 16.2 Å². The molecule has 0 aliphatic rings. The maximum Gasteiger partial charge on any atom is 0.323 e. The number of ether oxygens (including phenoxy) is 1. The third kappa shape index (κ3) is 4.49. The Morgan fingerprint density at radius 1 is 1.13 bits per heavy atom. The van der Waals surface area contributed by atoms with Crippen LogP contribution in [0.25, 0.3) is 0 Å². The first kappa shape index (κ1) is 16.9. The van der Waals surface area contributed by atoms with Gasteiger partial charge in [0, 0.05) is 5.69 Å². The third-order valence-corrected chi connectivity index (χ3v) is 3.96. The fraction of sp³-hybridized carbons (Fsp3) is 0.316. The summed E-state index contributed by atoms with van der Waals surface area (Å²) < 4.78 is 5.34. The number of hydrogen-bond donors (Lipinski definition) is 2. The van der Waals surface area contributed by atoms with Gasteiger partial charge >= 0.3 is 6.03 Å². The van der Waals surface area contributed by atoms with Gasteiger partial charge in [-0.1, -0.05) is 37.6 Å². The Bertz CT molecular complexity index is 666. The first-order valence-electron chi connectivity index (χ1n) is 7.86. The lowest BCUT2D eigenvalue weighted by Gasteiger charge is -2.15. The smallest absolute Gasteiger partial charge is 0.323 e. The maximum atomic E-state index is 12.2. The number of amides is 2. The molecule has 0 aromatic heterocycles. The number of nitrogens with one attached hydrogen (secondary N) is 2. The standard InChI is InChI=1S/C19H24N2O2/c1-5-14(3)15-8-11-18(23-4)17(12-15)21-19(22)20-16-9-6-13(2)7-10-16/h6-12,14H,5H2,1-4H3,(H2,20,21,22). The molecule has 0 aliphatic heterocycles. The monoisotopic (exact) mass is 312 g/mol. The van der Waals surface area contributed by atoms with Crippen molar-refractivity contribution in [2.24, 2.45) is 0 Å². The Labute approximate surface area is 137 Å². The van der Waals surface area contributed by atoms with Gasteiger partial charge in [-0.05, 0) is 49.1 Å². The molecule has 0 spiro atoms. The van der Waals surface area contributed by atoms with Crippen molar-refractivity contribution in [2.45, 2.75) is 33.1 Å². The molecule has 0 saturated heterocycles. The SMILES string of the molecule is CCC(C)c1ccc(OC)c(NC(=O)Nc2ccc(C)cc2)c1. The van der Waals surface area contributed by atoms with Crippen LogP contribution in [0.5, 0.6) is 5.75 Å². The second kappa shape index (κ2) is 7.68. The summed E-state index contributed by atoms with van der Waals surface area (Å²) in [5.74, 6) is 1.08. The van der Waals surface area contributed by atoms with E-state index >= 15 is 0 Å². The normalized spacial score (nSPS) is 11.7. The highest BCUT2D eigenvalue weighted by Gasteiger charge is 2.11. The van der Waals surface area contributed by atoms with Crippen molar-refractivity contribution in [1.29, 1.82) is 0 Å². The van der Waals surface area contributed by atoms with E-state index in [1.165, 1.54) is 5.56 Å². The molecule has 0 fully saturated rings. The first-order valence-corrected chi connectivity index (χ1v) is 7.86. The van der Waals surface area contributed by atoms with Crippen LogP contribution in [0.15, 0.2) is 42.5 Å². The summed E-state index contributed by atoms with van der Waals surface area (Å²) in [6.07, 6.45) is 1.04. The molecule has 2 aromatic carbocycles. The zero-order valence-corrected chi connectivity index (χ0v) is 14.1. The van der Waals surface area contributed by atoms with E-state index in [2.05, 4.69) is 24.5 Å². The molecule has 2 amide bonds. The van der Waals surface area contributed by atoms with Crippen molar-refractivity contribution in [1.82, 2.24) is 0 Å². The van der Waals surface area contributed by atoms with E-state index in [1.807, 2.05) is 49.4 Å². The predicted octanol–water partition coefficient (Wildman–Crippen LogP) is 5.16. The van der Waals surface area contributed by atoms with E-state index in [-0.39, 0.29) is 6.03 Å². The summed E-state index contributed by atoms with van der Waals surface area (Å²) in [7, 11) is 1.60.